The lowest BCUT2D eigenvalue weighted by molar-refractivity contribution is 0.0634. The zero-order valence-electron chi connectivity index (χ0n) is 13.7. The third kappa shape index (κ3) is 2.79. The molecule has 0 unspecified atom stereocenters. The van der Waals surface area contributed by atoms with Gasteiger partial charge in [0, 0.05) is 32.0 Å². The number of amides is 1. The number of nitrogens with one attached hydrogen (secondary N) is 2. The largest absolute Gasteiger partial charge is 0.365 e. The van der Waals surface area contributed by atoms with E-state index in [1.807, 2.05) is 0 Å². The number of para-hydroxylation sites is 1. The molecule has 1 fully saturated rings. The maximum Gasteiger partial charge on any atom is 0.292 e. The van der Waals surface area contributed by atoms with Crippen LogP contribution < -0.4 is 10.0 Å². The van der Waals surface area contributed by atoms with Crippen LogP contribution in [0.15, 0.2) is 39.8 Å². The molecule has 2 aromatic rings. The second kappa shape index (κ2) is 5.57. The highest BCUT2D eigenvalue weighted by Gasteiger charge is 2.44. The van der Waals surface area contributed by atoms with Gasteiger partial charge in [-0.15, -0.1) is 0 Å². The van der Waals surface area contributed by atoms with Crippen LogP contribution in [0.5, 0.6) is 0 Å². The lowest BCUT2D eigenvalue weighted by Gasteiger charge is -2.45. The average Bonchev–Trinajstić information content (AvgIpc) is 3.01. The minimum absolute atomic E-state index is 0.205. The monoisotopic (exact) mass is 362 g/mol. The molecular formula is C16H18N4O4S. The van der Waals surface area contributed by atoms with Crippen molar-refractivity contribution in [3.8, 4) is 0 Å². The Kier molecular flexibility index (Phi) is 3.58. The van der Waals surface area contributed by atoms with Gasteiger partial charge < -0.3 is 14.7 Å². The Balaban J connectivity index is 1.53. The van der Waals surface area contributed by atoms with Crippen LogP contribution in [0.2, 0.25) is 0 Å². The number of benzene rings is 1. The van der Waals surface area contributed by atoms with Gasteiger partial charge in [0.1, 0.15) is 10.6 Å². The molecule has 1 aromatic heterocycles. The molecule has 1 spiro atoms. The molecule has 1 amide bonds. The van der Waals surface area contributed by atoms with Crippen molar-refractivity contribution >= 4 is 21.6 Å². The fourth-order valence-electron chi connectivity index (χ4n) is 3.34. The summed E-state index contributed by atoms with van der Waals surface area (Å²) < 4.78 is 32.8. The standard InChI is InChI=1S/C16H18N4O4S/c1-11-10-13(24-18-11)15(21)20-8-6-16(7-9-20)17-12-4-2-3-5-14(12)25(22,23)19-16/h2-5,10,17,19H,6-9H2,1H3. The van der Waals surface area contributed by atoms with E-state index in [0.29, 0.717) is 37.3 Å². The number of carbonyl (C=O) groups excluding carboxylic acids is 1. The minimum atomic E-state index is -3.58. The van der Waals surface area contributed by atoms with Gasteiger partial charge in [-0.25, -0.2) is 8.42 Å². The molecule has 0 bridgehead atoms. The number of sulfonamides is 1. The highest BCUT2D eigenvalue weighted by atomic mass is 32.2. The summed E-state index contributed by atoms with van der Waals surface area (Å²) in [6, 6.07) is 8.42. The van der Waals surface area contributed by atoms with Crippen molar-refractivity contribution in [2.45, 2.75) is 30.3 Å². The van der Waals surface area contributed by atoms with E-state index in [0.717, 1.165) is 0 Å². The summed E-state index contributed by atoms with van der Waals surface area (Å²) in [7, 11) is -3.58. The van der Waals surface area contributed by atoms with Crippen LogP contribution in [0.4, 0.5) is 5.69 Å². The zero-order valence-corrected chi connectivity index (χ0v) is 14.5. The maximum absolute atomic E-state index is 12.5. The number of fused-ring (bicyclic) bond motifs is 1. The lowest BCUT2D eigenvalue weighted by Crippen LogP contribution is -2.62. The molecule has 1 saturated heterocycles. The third-order valence-corrected chi connectivity index (χ3v) is 6.22. The van der Waals surface area contributed by atoms with Gasteiger partial charge in [0.05, 0.1) is 11.4 Å². The van der Waals surface area contributed by atoms with Crippen LogP contribution in [-0.4, -0.2) is 43.1 Å². The number of anilines is 1. The van der Waals surface area contributed by atoms with Gasteiger partial charge in [-0.1, -0.05) is 17.3 Å². The molecule has 2 N–H and O–H groups in total. The molecule has 0 radical (unpaired) electrons. The van der Waals surface area contributed by atoms with Crippen molar-refractivity contribution in [2.24, 2.45) is 0 Å². The van der Waals surface area contributed by atoms with Crippen LogP contribution in [0, 0.1) is 6.92 Å². The Bertz CT molecular complexity index is 929. The second-order valence-electron chi connectivity index (χ2n) is 6.43. The normalized spacial score (nSPS) is 20.8. The Labute approximate surface area is 145 Å². The molecule has 4 rings (SSSR count). The first-order chi connectivity index (χ1) is 11.9. The maximum atomic E-state index is 12.5. The van der Waals surface area contributed by atoms with Crippen LogP contribution in [0.25, 0.3) is 0 Å². The summed E-state index contributed by atoms with van der Waals surface area (Å²) in [6.07, 6.45) is 0.916. The average molecular weight is 362 g/mol. The molecule has 0 saturated carbocycles. The number of rotatable bonds is 1. The van der Waals surface area contributed by atoms with Gasteiger partial charge in [-0.3, -0.25) is 4.79 Å². The molecular weight excluding hydrogens is 344 g/mol. The number of nitrogens with zero attached hydrogens (tertiary/aromatic N) is 2. The number of aryl methyl sites for hydroxylation is 1. The fraction of sp³-hybridized carbons (Fsp3) is 0.375. The summed E-state index contributed by atoms with van der Waals surface area (Å²) in [5.41, 5.74) is 0.461. The number of piperidine rings is 1. The smallest absolute Gasteiger partial charge is 0.292 e. The van der Waals surface area contributed by atoms with Crippen molar-refractivity contribution in [1.29, 1.82) is 0 Å². The van der Waals surface area contributed by atoms with E-state index in [1.54, 1.807) is 42.2 Å². The van der Waals surface area contributed by atoms with E-state index in [9.17, 15) is 13.2 Å². The topological polar surface area (TPSA) is 105 Å². The summed E-state index contributed by atoms with van der Waals surface area (Å²) >= 11 is 0. The summed E-state index contributed by atoms with van der Waals surface area (Å²) in [6.45, 7) is 2.58. The van der Waals surface area contributed by atoms with E-state index < -0.39 is 15.7 Å². The van der Waals surface area contributed by atoms with Crippen molar-refractivity contribution < 1.29 is 17.7 Å². The highest BCUT2D eigenvalue weighted by Crippen LogP contribution is 2.34. The van der Waals surface area contributed by atoms with Gasteiger partial charge in [0.15, 0.2) is 0 Å². The summed E-state index contributed by atoms with van der Waals surface area (Å²) in [5.74, 6) is -0.0227. The number of likely N-dealkylation sites (tertiary alicyclic amines) is 1. The van der Waals surface area contributed by atoms with E-state index in [4.69, 9.17) is 4.52 Å². The van der Waals surface area contributed by atoms with Crippen LogP contribution in [-0.2, 0) is 10.0 Å². The summed E-state index contributed by atoms with van der Waals surface area (Å²) in [5, 5.41) is 7.04. The first-order valence-corrected chi connectivity index (χ1v) is 9.51. The van der Waals surface area contributed by atoms with E-state index >= 15 is 0 Å². The Hall–Kier alpha value is -2.39. The van der Waals surface area contributed by atoms with Crippen molar-refractivity contribution in [2.75, 3.05) is 18.4 Å². The summed E-state index contributed by atoms with van der Waals surface area (Å²) in [4.78, 5) is 14.3. The molecule has 1 aromatic carbocycles. The van der Waals surface area contributed by atoms with Crippen molar-refractivity contribution in [3.63, 3.8) is 0 Å². The van der Waals surface area contributed by atoms with Crippen molar-refractivity contribution in [3.05, 3.63) is 41.8 Å². The Morgan fingerprint density at radius 2 is 2.00 bits per heavy atom. The molecule has 25 heavy (non-hydrogen) atoms. The van der Waals surface area contributed by atoms with Crippen LogP contribution in [0.1, 0.15) is 29.1 Å². The Morgan fingerprint density at radius 3 is 2.68 bits per heavy atom. The molecule has 3 heterocycles. The van der Waals surface area contributed by atoms with Crippen LogP contribution in [0.3, 0.4) is 0 Å². The van der Waals surface area contributed by atoms with Gasteiger partial charge in [0.25, 0.3) is 5.91 Å². The van der Waals surface area contributed by atoms with Gasteiger partial charge in [-0.2, -0.15) is 4.72 Å². The van der Waals surface area contributed by atoms with E-state index in [1.165, 1.54) is 0 Å². The molecule has 2 aliphatic heterocycles. The lowest BCUT2D eigenvalue weighted by atomic mass is 9.97. The molecule has 132 valence electrons. The number of aromatic nitrogens is 1. The highest BCUT2D eigenvalue weighted by molar-refractivity contribution is 7.89. The molecule has 0 atom stereocenters. The first kappa shape index (κ1) is 16.1. The third-order valence-electron chi connectivity index (χ3n) is 4.62. The molecule has 9 heteroatoms. The van der Waals surface area contributed by atoms with Crippen molar-refractivity contribution in [1.82, 2.24) is 14.8 Å². The predicted molar refractivity (Wildman–Crippen MR) is 89.5 cm³/mol. The van der Waals surface area contributed by atoms with Gasteiger partial charge in [0.2, 0.25) is 15.8 Å². The number of carbonyl (C=O) groups is 1. The zero-order chi connectivity index (χ0) is 17.7. The second-order valence-corrected chi connectivity index (χ2v) is 8.08. The fourth-order valence-corrected chi connectivity index (χ4v) is 4.88. The SMILES string of the molecule is Cc1cc(C(=O)N2CCC3(CC2)Nc2ccccc2S(=O)(=O)N3)on1. The Morgan fingerprint density at radius 1 is 1.28 bits per heavy atom. The first-order valence-electron chi connectivity index (χ1n) is 8.02. The number of hydrogen-bond acceptors (Lipinski definition) is 6. The van der Waals surface area contributed by atoms with Gasteiger partial charge >= 0.3 is 0 Å². The molecule has 8 nitrogen and oxygen atoms in total. The molecule has 0 aliphatic carbocycles. The van der Waals surface area contributed by atoms with E-state index in [2.05, 4.69) is 15.2 Å². The predicted octanol–water partition coefficient (Wildman–Crippen LogP) is 1.32. The minimum Gasteiger partial charge on any atom is -0.365 e. The van der Waals surface area contributed by atoms with E-state index in [-0.39, 0.29) is 16.6 Å². The van der Waals surface area contributed by atoms with Crippen LogP contribution >= 0.6 is 0 Å². The van der Waals surface area contributed by atoms with Gasteiger partial charge in [-0.05, 0) is 19.1 Å². The molecule has 2 aliphatic rings. The number of hydrogen-bond donors (Lipinski definition) is 2. The quantitative estimate of drug-likeness (QED) is 0.793.